The average Bonchev–Trinajstić information content (AvgIpc) is 3.22. The van der Waals surface area contributed by atoms with Crippen LogP contribution in [0.3, 0.4) is 0 Å². The molecule has 1 atom stereocenters. The molecule has 1 N–H and O–H groups in total. The molecule has 148 valence electrons. The standard InChI is InChI=1S/C20H24N4O2S2/c1-10(2)16(18(25)22-15-9-7-8-11(3)12(15)4)28-20-24-23-19(26-20)17-13(5)21-14(6)27-17/h7-10,16H,1-6H3,(H,22,25). The molecule has 1 aromatic carbocycles. The zero-order valence-electron chi connectivity index (χ0n) is 16.9. The normalized spacial score (nSPS) is 12.4. The van der Waals surface area contributed by atoms with Gasteiger partial charge in [-0.25, -0.2) is 4.98 Å². The molecule has 3 rings (SSSR count). The number of benzene rings is 1. The maximum Gasteiger partial charge on any atom is 0.277 e. The third kappa shape index (κ3) is 4.44. The summed E-state index contributed by atoms with van der Waals surface area (Å²) in [5.41, 5.74) is 3.91. The first-order valence-electron chi connectivity index (χ1n) is 9.08. The Labute approximate surface area is 173 Å². The number of carbonyl (C=O) groups is 1. The van der Waals surface area contributed by atoms with E-state index in [-0.39, 0.29) is 17.1 Å². The minimum Gasteiger partial charge on any atom is -0.410 e. The molecule has 2 heterocycles. The number of hydrogen-bond donors (Lipinski definition) is 1. The Bertz CT molecular complexity index is 994. The highest BCUT2D eigenvalue weighted by atomic mass is 32.2. The van der Waals surface area contributed by atoms with Gasteiger partial charge in [0.15, 0.2) is 0 Å². The van der Waals surface area contributed by atoms with Crippen molar-refractivity contribution in [2.45, 2.75) is 52.0 Å². The number of carbonyl (C=O) groups excluding carboxylic acids is 1. The van der Waals surface area contributed by atoms with Gasteiger partial charge in [-0.05, 0) is 50.8 Å². The summed E-state index contributed by atoms with van der Waals surface area (Å²) < 4.78 is 5.82. The SMILES string of the molecule is Cc1nc(C)c(-c2nnc(SC(C(=O)Nc3cccc(C)c3C)C(C)C)o2)s1. The van der Waals surface area contributed by atoms with Crippen molar-refractivity contribution in [2.24, 2.45) is 5.92 Å². The van der Waals surface area contributed by atoms with Crippen LogP contribution in [0.2, 0.25) is 0 Å². The van der Waals surface area contributed by atoms with Crippen molar-refractivity contribution in [1.82, 2.24) is 15.2 Å². The lowest BCUT2D eigenvalue weighted by Crippen LogP contribution is -2.30. The molecular weight excluding hydrogens is 392 g/mol. The second-order valence-corrected chi connectivity index (χ2v) is 9.34. The first-order valence-corrected chi connectivity index (χ1v) is 10.8. The lowest BCUT2D eigenvalue weighted by molar-refractivity contribution is -0.116. The summed E-state index contributed by atoms with van der Waals surface area (Å²) in [6.07, 6.45) is 0. The van der Waals surface area contributed by atoms with Crippen LogP contribution in [0.25, 0.3) is 10.8 Å². The molecule has 0 bridgehead atoms. The number of rotatable bonds is 6. The predicted octanol–water partition coefficient (Wildman–Crippen LogP) is 5.18. The lowest BCUT2D eigenvalue weighted by Gasteiger charge is -2.19. The van der Waals surface area contributed by atoms with Crippen LogP contribution in [0.5, 0.6) is 0 Å². The highest BCUT2D eigenvalue weighted by Gasteiger charge is 2.27. The monoisotopic (exact) mass is 416 g/mol. The number of amides is 1. The summed E-state index contributed by atoms with van der Waals surface area (Å²) in [7, 11) is 0. The largest absolute Gasteiger partial charge is 0.410 e. The number of anilines is 1. The molecule has 0 radical (unpaired) electrons. The Morgan fingerprint density at radius 3 is 2.57 bits per heavy atom. The van der Waals surface area contributed by atoms with Crippen molar-refractivity contribution in [3.8, 4) is 10.8 Å². The molecular formula is C20H24N4O2S2. The summed E-state index contributed by atoms with van der Waals surface area (Å²) in [6, 6.07) is 5.89. The van der Waals surface area contributed by atoms with Crippen molar-refractivity contribution in [1.29, 1.82) is 0 Å². The van der Waals surface area contributed by atoms with Gasteiger partial charge in [-0.1, -0.05) is 37.7 Å². The molecule has 0 aliphatic heterocycles. The van der Waals surface area contributed by atoms with Gasteiger partial charge in [-0.3, -0.25) is 4.79 Å². The van der Waals surface area contributed by atoms with E-state index in [2.05, 4.69) is 20.5 Å². The van der Waals surface area contributed by atoms with Gasteiger partial charge < -0.3 is 9.73 Å². The Kier molecular flexibility index (Phi) is 6.20. The van der Waals surface area contributed by atoms with Crippen LogP contribution in [0.1, 0.15) is 35.7 Å². The van der Waals surface area contributed by atoms with Crippen LogP contribution < -0.4 is 5.32 Å². The number of nitrogens with zero attached hydrogens (tertiary/aromatic N) is 3. The number of thiazole rings is 1. The van der Waals surface area contributed by atoms with E-state index < -0.39 is 0 Å². The number of thioether (sulfide) groups is 1. The van der Waals surface area contributed by atoms with Gasteiger partial charge >= 0.3 is 0 Å². The summed E-state index contributed by atoms with van der Waals surface area (Å²) in [5.74, 6) is 0.471. The van der Waals surface area contributed by atoms with E-state index >= 15 is 0 Å². The minimum atomic E-state index is -0.350. The fourth-order valence-corrected chi connectivity index (χ4v) is 4.48. The van der Waals surface area contributed by atoms with Crippen LogP contribution in [-0.4, -0.2) is 26.3 Å². The summed E-state index contributed by atoms with van der Waals surface area (Å²) in [5, 5.41) is 12.3. The molecule has 0 spiro atoms. The molecule has 3 aromatic rings. The molecule has 0 aliphatic rings. The van der Waals surface area contributed by atoms with Crippen LogP contribution in [0.4, 0.5) is 5.69 Å². The zero-order chi connectivity index (χ0) is 20.4. The maximum atomic E-state index is 12.9. The Balaban J connectivity index is 1.77. The third-order valence-electron chi connectivity index (χ3n) is 4.46. The summed E-state index contributed by atoms with van der Waals surface area (Å²) >= 11 is 2.82. The van der Waals surface area contributed by atoms with Crippen LogP contribution >= 0.6 is 23.1 Å². The van der Waals surface area contributed by atoms with Gasteiger partial charge in [0.25, 0.3) is 11.1 Å². The van der Waals surface area contributed by atoms with Gasteiger partial charge in [-0.2, -0.15) is 0 Å². The van der Waals surface area contributed by atoms with Crippen LogP contribution in [0, 0.1) is 33.6 Å². The summed E-state index contributed by atoms with van der Waals surface area (Å²) in [6.45, 7) is 11.9. The molecule has 0 fully saturated rings. The van der Waals surface area contributed by atoms with E-state index in [0.717, 1.165) is 32.4 Å². The number of aromatic nitrogens is 3. The highest BCUT2D eigenvalue weighted by Crippen LogP contribution is 2.33. The third-order valence-corrected chi connectivity index (χ3v) is 6.90. The van der Waals surface area contributed by atoms with E-state index in [4.69, 9.17) is 4.42 Å². The van der Waals surface area contributed by atoms with Crippen molar-refractivity contribution in [3.63, 3.8) is 0 Å². The minimum absolute atomic E-state index is 0.0711. The second-order valence-electron chi connectivity index (χ2n) is 7.04. The lowest BCUT2D eigenvalue weighted by atomic mass is 10.1. The van der Waals surface area contributed by atoms with Crippen molar-refractivity contribution in [2.75, 3.05) is 5.32 Å². The van der Waals surface area contributed by atoms with Crippen LogP contribution in [-0.2, 0) is 4.79 Å². The van der Waals surface area contributed by atoms with E-state index in [9.17, 15) is 4.79 Å². The van der Waals surface area contributed by atoms with E-state index in [1.807, 2.05) is 59.7 Å². The smallest absolute Gasteiger partial charge is 0.277 e. The predicted molar refractivity (Wildman–Crippen MR) is 114 cm³/mol. The van der Waals surface area contributed by atoms with Gasteiger partial charge in [0, 0.05) is 5.69 Å². The Morgan fingerprint density at radius 2 is 1.93 bits per heavy atom. The fraction of sp³-hybridized carbons (Fsp3) is 0.400. The van der Waals surface area contributed by atoms with Crippen molar-refractivity contribution in [3.05, 3.63) is 40.0 Å². The maximum absolute atomic E-state index is 12.9. The van der Waals surface area contributed by atoms with E-state index in [1.54, 1.807) is 0 Å². The van der Waals surface area contributed by atoms with Gasteiger partial charge in [0.05, 0.1) is 16.0 Å². The molecule has 6 nitrogen and oxygen atoms in total. The van der Waals surface area contributed by atoms with Crippen molar-refractivity contribution < 1.29 is 9.21 Å². The number of hydrogen-bond acceptors (Lipinski definition) is 7. The zero-order valence-corrected chi connectivity index (χ0v) is 18.5. The van der Waals surface area contributed by atoms with Crippen LogP contribution in [0.15, 0.2) is 27.8 Å². The molecule has 2 aromatic heterocycles. The molecule has 0 aliphatic carbocycles. The van der Waals surface area contributed by atoms with Crippen molar-refractivity contribution >= 4 is 34.7 Å². The molecule has 28 heavy (non-hydrogen) atoms. The number of nitrogens with one attached hydrogen (secondary N) is 1. The van der Waals surface area contributed by atoms with Gasteiger partial charge in [0.1, 0.15) is 4.88 Å². The quantitative estimate of drug-likeness (QED) is 0.558. The topological polar surface area (TPSA) is 80.9 Å². The molecule has 0 saturated heterocycles. The van der Waals surface area contributed by atoms with E-state index in [1.165, 1.54) is 23.1 Å². The van der Waals surface area contributed by atoms with Gasteiger partial charge in [-0.15, -0.1) is 21.5 Å². The molecule has 8 heteroatoms. The number of aryl methyl sites for hydroxylation is 3. The molecule has 1 unspecified atom stereocenters. The summed E-state index contributed by atoms with van der Waals surface area (Å²) in [4.78, 5) is 18.2. The average molecular weight is 417 g/mol. The first-order chi connectivity index (χ1) is 13.3. The Hall–Kier alpha value is -2.19. The highest BCUT2D eigenvalue weighted by molar-refractivity contribution is 8.00. The second kappa shape index (κ2) is 8.45. The molecule has 0 saturated carbocycles. The van der Waals surface area contributed by atoms with Gasteiger partial charge in [0.2, 0.25) is 5.91 Å². The first kappa shape index (κ1) is 20.5. The van der Waals surface area contributed by atoms with E-state index in [0.29, 0.717) is 11.1 Å². The fourth-order valence-electron chi connectivity index (χ4n) is 2.77. The molecule has 1 amide bonds. The Morgan fingerprint density at radius 1 is 1.18 bits per heavy atom.